The number of halogens is 1. The smallest absolute Gasteiger partial charge is 0.262 e. The lowest BCUT2D eigenvalue weighted by atomic mass is 10.2. The van der Waals surface area contributed by atoms with Crippen LogP contribution >= 0.6 is 23.4 Å². The number of nitrogens with one attached hydrogen (secondary N) is 3. The van der Waals surface area contributed by atoms with Gasteiger partial charge < -0.3 is 25.4 Å². The molecule has 9 heteroatoms. The molecule has 0 aromatic heterocycles. The minimum atomic E-state index is -0.305. The lowest BCUT2D eigenvalue weighted by Gasteiger charge is -2.15. The van der Waals surface area contributed by atoms with Crippen molar-refractivity contribution < 1.29 is 19.1 Å². The number of anilines is 2. The fourth-order valence-corrected chi connectivity index (χ4v) is 4.71. The van der Waals surface area contributed by atoms with Gasteiger partial charge in [0.25, 0.3) is 11.8 Å². The Labute approximate surface area is 219 Å². The normalized spacial score (nSPS) is 15.9. The van der Waals surface area contributed by atoms with Crippen LogP contribution in [0.4, 0.5) is 11.4 Å². The van der Waals surface area contributed by atoms with Gasteiger partial charge in [-0.1, -0.05) is 47.6 Å². The number of carbonyl (C=O) groups excluding carboxylic acids is 2. The van der Waals surface area contributed by atoms with Crippen molar-refractivity contribution in [3.05, 3.63) is 87.8 Å². The first-order valence-electron chi connectivity index (χ1n) is 11.4. The molecule has 1 atom stereocenters. The summed E-state index contributed by atoms with van der Waals surface area (Å²) in [6.45, 7) is 4.09. The van der Waals surface area contributed by atoms with Crippen molar-refractivity contribution in [3.8, 4) is 11.5 Å². The van der Waals surface area contributed by atoms with Crippen LogP contribution in [0, 0.1) is 6.92 Å². The minimum absolute atomic E-state index is 0.162. The van der Waals surface area contributed by atoms with E-state index in [1.54, 1.807) is 36.4 Å². The third kappa shape index (κ3) is 6.74. The van der Waals surface area contributed by atoms with Crippen molar-refractivity contribution in [1.29, 1.82) is 0 Å². The number of amides is 2. The van der Waals surface area contributed by atoms with E-state index in [2.05, 4.69) is 16.0 Å². The number of thioether (sulfide) groups is 1. The van der Waals surface area contributed by atoms with Gasteiger partial charge in [-0.3, -0.25) is 9.59 Å². The number of hydrogen-bond acceptors (Lipinski definition) is 6. The average molecular weight is 524 g/mol. The Morgan fingerprint density at radius 1 is 1.08 bits per heavy atom. The SMILES string of the molecule is CCOc1cc(/C=C2\SC(Nc3ccc(Cl)cc3C)NC2=O)ccc1OCC(=O)Nc1ccccc1. The second kappa shape index (κ2) is 11.9. The van der Waals surface area contributed by atoms with Crippen molar-refractivity contribution in [3.63, 3.8) is 0 Å². The molecule has 4 rings (SSSR count). The predicted molar refractivity (Wildman–Crippen MR) is 145 cm³/mol. The second-order valence-corrected chi connectivity index (χ2v) is 9.51. The zero-order valence-electron chi connectivity index (χ0n) is 19.8. The lowest BCUT2D eigenvalue weighted by molar-refractivity contribution is -0.118. The molecule has 7 nitrogen and oxygen atoms in total. The van der Waals surface area contributed by atoms with Gasteiger partial charge in [0.1, 0.15) is 0 Å². The standard InChI is InChI=1S/C27H26ClN3O4S/c1-3-34-23-14-18(9-12-22(23)35-16-25(32)29-20-7-5-4-6-8-20)15-24-26(33)31-27(36-24)30-21-11-10-19(28)13-17(21)2/h4-15,27,30H,3,16H2,1-2H3,(H,29,32)(H,31,33)/b24-15-. The highest BCUT2D eigenvalue weighted by atomic mass is 35.5. The molecule has 1 fully saturated rings. The van der Waals surface area contributed by atoms with Crippen LogP contribution in [0.2, 0.25) is 5.02 Å². The van der Waals surface area contributed by atoms with E-state index >= 15 is 0 Å². The van der Waals surface area contributed by atoms with Crippen molar-refractivity contribution in [2.45, 2.75) is 19.3 Å². The number of benzene rings is 3. The number of aryl methyl sites for hydroxylation is 1. The van der Waals surface area contributed by atoms with Gasteiger partial charge in [-0.15, -0.1) is 0 Å². The molecule has 1 unspecified atom stereocenters. The van der Waals surface area contributed by atoms with Crippen LogP contribution in [-0.2, 0) is 9.59 Å². The van der Waals surface area contributed by atoms with E-state index in [1.165, 1.54) is 11.8 Å². The molecule has 3 aromatic carbocycles. The molecule has 3 aromatic rings. The van der Waals surface area contributed by atoms with E-state index in [9.17, 15) is 9.59 Å². The van der Waals surface area contributed by atoms with Crippen LogP contribution in [0.3, 0.4) is 0 Å². The van der Waals surface area contributed by atoms with Gasteiger partial charge in [0.05, 0.1) is 11.5 Å². The first-order valence-corrected chi connectivity index (χ1v) is 12.6. The summed E-state index contributed by atoms with van der Waals surface area (Å²) in [5.74, 6) is 0.501. The molecule has 0 saturated carbocycles. The minimum Gasteiger partial charge on any atom is -0.490 e. The van der Waals surface area contributed by atoms with Crippen LogP contribution < -0.4 is 25.4 Å². The van der Waals surface area contributed by atoms with Gasteiger partial charge in [0.15, 0.2) is 23.6 Å². The predicted octanol–water partition coefficient (Wildman–Crippen LogP) is 5.66. The van der Waals surface area contributed by atoms with Gasteiger partial charge in [-0.2, -0.15) is 0 Å². The molecule has 36 heavy (non-hydrogen) atoms. The molecular weight excluding hydrogens is 498 g/mol. The van der Waals surface area contributed by atoms with Gasteiger partial charge in [-0.05, 0) is 73.5 Å². The van der Waals surface area contributed by atoms with Crippen LogP contribution in [0.5, 0.6) is 11.5 Å². The fourth-order valence-electron chi connectivity index (χ4n) is 3.51. The van der Waals surface area contributed by atoms with Gasteiger partial charge in [-0.25, -0.2) is 0 Å². The van der Waals surface area contributed by atoms with E-state index < -0.39 is 0 Å². The Bertz CT molecular complexity index is 1280. The van der Waals surface area contributed by atoms with E-state index in [0.29, 0.717) is 33.7 Å². The number of ether oxygens (including phenoxy) is 2. The fraction of sp³-hybridized carbons (Fsp3) is 0.185. The van der Waals surface area contributed by atoms with Crippen LogP contribution in [0.15, 0.2) is 71.6 Å². The summed E-state index contributed by atoms with van der Waals surface area (Å²) < 4.78 is 11.4. The summed E-state index contributed by atoms with van der Waals surface area (Å²) in [6, 6.07) is 20.1. The Morgan fingerprint density at radius 2 is 1.89 bits per heavy atom. The zero-order valence-corrected chi connectivity index (χ0v) is 21.4. The number of hydrogen-bond donors (Lipinski definition) is 3. The molecule has 0 bridgehead atoms. The molecular formula is C27H26ClN3O4S. The first kappa shape index (κ1) is 25.5. The third-order valence-electron chi connectivity index (χ3n) is 5.19. The number of rotatable bonds is 9. The Balaban J connectivity index is 1.41. The molecule has 2 amide bonds. The summed E-state index contributed by atoms with van der Waals surface area (Å²) in [5, 5.41) is 9.69. The van der Waals surface area contributed by atoms with E-state index in [0.717, 1.165) is 16.8 Å². The summed E-state index contributed by atoms with van der Waals surface area (Å²) in [6.07, 6.45) is 1.80. The van der Waals surface area contributed by atoms with Crippen molar-refractivity contribution in [1.82, 2.24) is 5.32 Å². The number of carbonyl (C=O) groups is 2. The largest absolute Gasteiger partial charge is 0.490 e. The van der Waals surface area contributed by atoms with E-state index in [1.807, 2.05) is 50.2 Å². The molecule has 0 radical (unpaired) electrons. The molecule has 0 aliphatic carbocycles. The summed E-state index contributed by atoms with van der Waals surface area (Å²) in [7, 11) is 0. The highest BCUT2D eigenvalue weighted by molar-refractivity contribution is 8.05. The maximum absolute atomic E-state index is 12.6. The topological polar surface area (TPSA) is 88.7 Å². The van der Waals surface area contributed by atoms with Gasteiger partial charge in [0.2, 0.25) is 0 Å². The molecule has 1 heterocycles. The monoisotopic (exact) mass is 523 g/mol. The van der Waals surface area contributed by atoms with Gasteiger partial charge >= 0.3 is 0 Å². The Kier molecular flexibility index (Phi) is 8.40. The van der Waals surface area contributed by atoms with E-state index in [4.69, 9.17) is 21.1 Å². The zero-order chi connectivity index (χ0) is 25.5. The lowest BCUT2D eigenvalue weighted by Crippen LogP contribution is -2.31. The second-order valence-electron chi connectivity index (χ2n) is 7.93. The molecule has 186 valence electrons. The number of para-hydroxylation sites is 1. The molecule has 1 aliphatic rings. The van der Waals surface area contributed by atoms with Gasteiger partial charge in [0, 0.05) is 16.4 Å². The maximum atomic E-state index is 12.6. The third-order valence-corrected chi connectivity index (χ3v) is 6.45. The molecule has 1 saturated heterocycles. The molecule has 1 aliphatic heterocycles. The first-order chi connectivity index (χ1) is 17.4. The van der Waals surface area contributed by atoms with E-state index in [-0.39, 0.29) is 23.9 Å². The summed E-state index contributed by atoms with van der Waals surface area (Å²) in [5.41, 5.74) is 3.06. The molecule has 3 N–H and O–H groups in total. The molecule has 0 spiro atoms. The average Bonchev–Trinajstić information content (AvgIpc) is 3.19. The Hall–Kier alpha value is -3.62. The summed E-state index contributed by atoms with van der Waals surface area (Å²) >= 11 is 7.42. The van der Waals surface area contributed by atoms with Crippen LogP contribution in [-0.4, -0.2) is 30.5 Å². The highest BCUT2D eigenvalue weighted by Crippen LogP contribution is 2.34. The summed E-state index contributed by atoms with van der Waals surface area (Å²) in [4.78, 5) is 25.4. The Morgan fingerprint density at radius 3 is 2.64 bits per heavy atom. The van der Waals surface area contributed by atoms with Crippen molar-refractivity contribution in [2.24, 2.45) is 0 Å². The van der Waals surface area contributed by atoms with Crippen LogP contribution in [0.1, 0.15) is 18.1 Å². The van der Waals surface area contributed by atoms with Crippen molar-refractivity contribution >= 4 is 52.6 Å². The quantitative estimate of drug-likeness (QED) is 0.313. The highest BCUT2D eigenvalue weighted by Gasteiger charge is 2.27. The van der Waals surface area contributed by atoms with Crippen LogP contribution in [0.25, 0.3) is 6.08 Å². The van der Waals surface area contributed by atoms with Crippen molar-refractivity contribution in [2.75, 3.05) is 23.8 Å². The maximum Gasteiger partial charge on any atom is 0.262 e.